The first-order valence-electron chi connectivity index (χ1n) is 10.3. The van der Waals surface area contributed by atoms with E-state index < -0.39 is 56.5 Å². The maximum atomic E-state index is 14.6. The van der Waals surface area contributed by atoms with Gasteiger partial charge in [0.15, 0.2) is 0 Å². The molecule has 0 unspecified atom stereocenters. The first-order chi connectivity index (χ1) is 16.2. The monoisotopic (exact) mass is 489 g/mol. The van der Waals surface area contributed by atoms with Crippen LogP contribution in [0.5, 0.6) is 0 Å². The van der Waals surface area contributed by atoms with Gasteiger partial charge in [-0.2, -0.15) is 5.26 Å². The van der Waals surface area contributed by atoms with Crippen LogP contribution in [0.4, 0.5) is 26.3 Å². The molecule has 0 amide bonds. The van der Waals surface area contributed by atoms with Gasteiger partial charge in [-0.05, 0) is 72.1 Å². The normalized spacial score (nSPS) is 10.5. The highest BCUT2D eigenvalue weighted by Crippen LogP contribution is 2.33. The van der Waals surface area contributed by atoms with Crippen LogP contribution in [0.15, 0.2) is 41.3 Å². The number of rotatable bonds is 6. The molecule has 0 aromatic heterocycles. The second-order valence-corrected chi connectivity index (χ2v) is 8.21. The molecule has 0 aliphatic carbocycles. The van der Waals surface area contributed by atoms with Crippen LogP contribution in [0.25, 0.3) is 11.1 Å². The molecule has 0 radical (unpaired) electrons. The molecule has 0 saturated heterocycles. The van der Waals surface area contributed by atoms with E-state index in [4.69, 9.17) is 5.26 Å². The second-order valence-electron chi connectivity index (χ2n) is 7.42. The lowest BCUT2D eigenvalue weighted by molar-refractivity contribution is 0.540. The third-order valence-electron chi connectivity index (χ3n) is 4.98. The number of nitrogens with zero attached hydrogens (tertiary/aromatic N) is 1. The van der Waals surface area contributed by atoms with Crippen molar-refractivity contribution in [1.82, 2.24) is 0 Å². The Hall–Kier alpha value is -3.36. The van der Waals surface area contributed by atoms with Crippen molar-refractivity contribution in [2.75, 3.05) is 0 Å². The summed E-state index contributed by atoms with van der Waals surface area (Å²) in [7, 11) is 0. The fraction of sp³-hybridized carbons (Fsp3) is 0.192. The topological polar surface area (TPSA) is 23.8 Å². The van der Waals surface area contributed by atoms with Crippen LogP contribution >= 0.6 is 11.8 Å². The molecule has 0 atom stereocenters. The molecular formula is C26H17F6NS. The highest BCUT2D eigenvalue weighted by molar-refractivity contribution is 8.03. The maximum Gasteiger partial charge on any atom is 0.142 e. The lowest BCUT2D eigenvalue weighted by atomic mass is 10.0. The van der Waals surface area contributed by atoms with Crippen molar-refractivity contribution in [1.29, 1.82) is 5.26 Å². The molecule has 34 heavy (non-hydrogen) atoms. The van der Waals surface area contributed by atoms with Gasteiger partial charge in [-0.3, -0.25) is 0 Å². The summed E-state index contributed by atoms with van der Waals surface area (Å²) in [6.07, 6.45) is 3.21. The van der Waals surface area contributed by atoms with E-state index in [1.807, 2.05) is 6.92 Å². The standard InChI is InChI=1S/C26H17F6NS/c1-2-3-4-5-15-8-19(27)18(20(28)9-15)7-6-16-10-21(29)25(22(30)11-16)17-12-23(31)26(34-14-33)24(32)13-17/h8-13H,2-5H2,1H3. The van der Waals surface area contributed by atoms with Crippen LogP contribution in [0.1, 0.15) is 42.9 Å². The van der Waals surface area contributed by atoms with Crippen molar-refractivity contribution >= 4 is 11.8 Å². The molecule has 1 nitrogen and oxygen atoms in total. The van der Waals surface area contributed by atoms with Crippen molar-refractivity contribution in [3.63, 3.8) is 0 Å². The Morgan fingerprint density at radius 3 is 1.85 bits per heavy atom. The first kappa shape index (κ1) is 25.3. The molecule has 174 valence electrons. The van der Waals surface area contributed by atoms with Crippen molar-refractivity contribution in [3.05, 3.63) is 88.0 Å². The fourth-order valence-electron chi connectivity index (χ4n) is 3.37. The zero-order valence-electron chi connectivity index (χ0n) is 17.9. The van der Waals surface area contributed by atoms with Crippen LogP contribution in [0, 0.1) is 57.4 Å². The van der Waals surface area contributed by atoms with Crippen molar-refractivity contribution in [2.24, 2.45) is 0 Å². The molecule has 0 N–H and O–H groups in total. The molecule has 8 heteroatoms. The van der Waals surface area contributed by atoms with Gasteiger partial charge >= 0.3 is 0 Å². The van der Waals surface area contributed by atoms with Crippen molar-refractivity contribution < 1.29 is 26.3 Å². The smallest absolute Gasteiger partial charge is 0.142 e. The molecule has 0 aliphatic rings. The summed E-state index contributed by atoms with van der Waals surface area (Å²) in [4.78, 5) is -0.588. The zero-order valence-corrected chi connectivity index (χ0v) is 18.7. The number of nitriles is 1. The predicted molar refractivity (Wildman–Crippen MR) is 119 cm³/mol. The number of thiocyanates is 1. The largest absolute Gasteiger partial charge is 0.206 e. The third kappa shape index (κ3) is 5.76. The molecule has 3 aromatic carbocycles. The van der Waals surface area contributed by atoms with Crippen molar-refractivity contribution in [2.45, 2.75) is 37.5 Å². The highest BCUT2D eigenvalue weighted by Gasteiger charge is 2.18. The van der Waals surface area contributed by atoms with Gasteiger partial charge in [0.2, 0.25) is 0 Å². The summed E-state index contributed by atoms with van der Waals surface area (Å²) in [5.41, 5.74) is -1.37. The van der Waals surface area contributed by atoms with E-state index in [0.717, 1.165) is 31.4 Å². The van der Waals surface area contributed by atoms with Gasteiger partial charge in [0, 0.05) is 5.56 Å². The van der Waals surface area contributed by atoms with Crippen LogP contribution in [-0.4, -0.2) is 0 Å². The fourth-order valence-corrected chi connectivity index (χ4v) is 3.78. The van der Waals surface area contributed by atoms with Crippen molar-refractivity contribution in [3.8, 4) is 28.4 Å². The number of thioether (sulfide) groups is 1. The molecule has 0 aliphatic heterocycles. The van der Waals surface area contributed by atoms with Crippen LogP contribution in [-0.2, 0) is 6.42 Å². The number of hydrogen-bond donors (Lipinski definition) is 0. The lowest BCUT2D eigenvalue weighted by Gasteiger charge is -2.09. The Kier molecular flexibility index (Phi) is 8.31. The maximum absolute atomic E-state index is 14.6. The van der Waals surface area contributed by atoms with E-state index >= 15 is 0 Å². The summed E-state index contributed by atoms with van der Waals surface area (Å²) < 4.78 is 86.1. The minimum absolute atomic E-state index is 0.220. The van der Waals surface area contributed by atoms with Gasteiger partial charge in [0.1, 0.15) is 40.3 Å². The van der Waals surface area contributed by atoms with E-state index in [1.54, 1.807) is 0 Å². The van der Waals surface area contributed by atoms with E-state index in [0.29, 0.717) is 24.1 Å². The lowest BCUT2D eigenvalue weighted by Crippen LogP contribution is -1.97. The Bertz CT molecular complexity index is 1260. The first-order valence-corrected chi connectivity index (χ1v) is 11.1. The Balaban J connectivity index is 1.93. The number of benzene rings is 3. The predicted octanol–water partition coefficient (Wildman–Crippen LogP) is 7.89. The van der Waals surface area contributed by atoms with Crippen LogP contribution in [0.2, 0.25) is 0 Å². The summed E-state index contributed by atoms with van der Waals surface area (Å²) in [5.74, 6) is -1.80. The highest BCUT2D eigenvalue weighted by atomic mass is 32.2. The summed E-state index contributed by atoms with van der Waals surface area (Å²) in [6.45, 7) is 2.01. The molecule has 0 spiro atoms. The Labute approximate surface area is 197 Å². The molecule has 0 saturated carbocycles. The van der Waals surface area contributed by atoms with E-state index in [1.165, 1.54) is 17.5 Å². The SMILES string of the molecule is CCCCCc1cc(F)c(C#Cc2cc(F)c(-c3cc(F)c(SC#N)c(F)c3)c(F)c2)c(F)c1. The molecule has 0 heterocycles. The van der Waals surface area contributed by atoms with E-state index in [2.05, 4.69) is 11.8 Å². The van der Waals surface area contributed by atoms with Gasteiger partial charge in [-0.1, -0.05) is 31.6 Å². The number of halogens is 6. The number of aryl methyl sites for hydroxylation is 1. The Morgan fingerprint density at radius 2 is 1.32 bits per heavy atom. The Morgan fingerprint density at radius 1 is 0.735 bits per heavy atom. The van der Waals surface area contributed by atoms with Gasteiger partial charge in [0.05, 0.1) is 16.0 Å². The quantitative estimate of drug-likeness (QED) is 0.116. The van der Waals surface area contributed by atoms with Gasteiger partial charge < -0.3 is 0 Å². The summed E-state index contributed by atoms with van der Waals surface area (Å²) in [6, 6.07) is 5.39. The summed E-state index contributed by atoms with van der Waals surface area (Å²) in [5, 5.41) is 10.1. The molecule has 3 rings (SSSR count). The molecule has 0 fully saturated rings. The average molecular weight is 489 g/mol. The third-order valence-corrected chi connectivity index (χ3v) is 5.66. The molecule has 3 aromatic rings. The molecule has 0 bridgehead atoms. The minimum atomic E-state index is -1.17. The van der Waals surface area contributed by atoms with Crippen LogP contribution in [0.3, 0.4) is 0 Å². The average Bonchev–Trinajstić information content (AvgIpc) is 2.75. The number of hydrogen-bond acceptors (Lipinski definition) is 2. The summed E-state index contributed by atoms with van der Waals surface area (Å²) >= 11 is 0.244. The van der Waals surface area contributed by atoms with E-state index in [9.17, 15) is 26.3 Å². The van der Waals surface area contributed by atoms with Gasteiger partial charge in [-0.25, -0.2) is 26.3 Å². The van der Waals surface area contributed by atoms with Crippen LogP contribution < -0.4 is 0 Å². The zero-order chi connectivity index (χ0) is 24.8. The molecular weight excluding hydrogens is 472 g/mol. The van der Waals surface area contributed by atoms with Gasteiger partial charge in [-0.15, -0.1) is 0 Å². The number of unbranched alkanes of at least 4 members (excludes halogenated alkanes) is 2. The van der Waals surface area contributed by atoms with Gasteiger partial charge in [0.25, 0.3) is 0 Å². The van der Waals surface area contributed by atoms with E-state index in [-0.39, 0.29) is 17.3 Å². The minimum Gasteiger partial charge on any atom is -0.206 e. The second kappa shape index (κ2) is 11.2.